The van der Waals surface area contributed by atoms with Gasteiger partial charge in [-0.05, 0) is 42.0 Å². The number of ether oxygens (including phenoxy) is 1. The molecule has 43 heavy (non-hydrogen) atoms. The predicted octanol–water partition coefficient (Wildman–Crippen LogP) is 6.57. The second-order valence-corrected chi connectivity index (χ2v) is 11.9. The van der Waals surface area contributed by atoms with Gasteiger partial charge in [0.15, 0.2) is 5.12 Å². The third-order valence-corrected chi connectivity index (χ3v) is 8.93. The van der Waals surface area contributed by atoms with Crippen LogP contribution in [0.5, 0.6) is 0 Å². The molecule has 4 aromatic rings. The summed E-state index contributed by atoms with van der Waals surface area (Å²) in [4.78, 5) is 27.1. The Bertz CT molecular complexity index is 1430. The molecule has 2 heterocycles. The van der Waals surface area contributed by atoms with Crippen LogP contribution < -0.4 is 0 Å². The summed E-state index contributed by atoms with van der Waals surface area (Å²) in [6, 6.07) is 32.1. The van der Waals surface area contributed by atoms with E-state index in [2.05, 4.69) is 112 Å². The van der Waals surface area contributed by atoms with Crippen molar-refractivity contribution < 1.29 is 14.3 Å². The Morgan fingerprint density at radius 1 is 0.930 bits per heavy atom. The highest BCUT2D eigenvalue weighted by atomic mass is 32.2. The number of hydrogen-bond acceptors (Lipinski definition) is 7. The number of hydrogen-bond donors (Lipinski definition) is 0. The highest BCUT2D eigenvalue weighted by Crippen LogP contribution is 2.46. The van der Waals surface area contributed by atoms with E-state index in [1.165, 1.54) is 28.5 Å². The summed E-state index contributed by atoms with van der Waals surface area (Å²) < 4.78 is 6.92. The predicted molar refractivity (Wildman–Crippen MR) is 170 cm³/mol. The van der Waals surface area contributed by atoms with E-state index in [-0.39, 0.29) is 16.3 Å². The molecule has 0 saturated heterocycles. The zero-order valence-corrected chi connectivity index (χ0v) is 25.6. The van der Waals surface area contributed by atoms with Gasteiger partial charge in [0.1, 0.15) is 0 Å². The molecule has 1 aliphatic heterocycles. The average molecular weight is 595 g/mol. The van der Waals surface area contributed by atoms with Crippen LogP contribution in [0.15, 0.2) is 109 Å². The smallest absolute Gasteiger partial charge is 0.305 e. The van der Waals surface area contributed by atoms with Crippen molar-refractivity contribution in [2.75, 3.05) is 19.7 Å². The first kappa shape index (κ1) is 30.4. The van der Waals surface area contributed by atoms with E-state index < -0.39 is 5.54 Å². The largest absolute Gasteiger partial charge is 0.466 e. The van der Waals surface area contributed by atoms with Gasteiger partial charge < -0.3 is 4.74 Å². The van der Waals surface area contributed by atoms with Crippen molar-refractivity contribution in [1.82, 2.24) is 19.9 Å². The lowest BCUT2D eigenvalue weighted by atomic mass is 9.74. The van der Waals surface area contributed by atoms with Crippen LogP contribution in [0, 0.1) is 0 Å². The number of nitrogens with zero attached hydrogens (tertiary/aromatic N) is 4. The molecule has 1 aromatic heterocycles. The first-order valence-electron chi connectivity index (χ1n) is 14.9. The maximum Gasteiger partial charge on any atom is 0.305 e. The standard InChI is InChI=1S/C35H38N4O3S/c1-3-42-33(41)22-14-24-39-32(25-36-37-39)34(43-27(2)40)28-15-13-23-38(26-28)35(29-16-7-4-8-17-29,30-18-9-5-10-19-30)31-20-11-6-12-21-31/h4-12,15-21,25,34H,3,13-14,22-24,26H2,1-2H3. The van der Waals surface area contributed by atoms with Crippen LogP contribution in [0.25, 0.3) is 0 Å². The minimum Gasteiger partial charge on any atom is -0.466 e. The third-order valence-electron chi connectivity index (χ3n) is 7.82. The van der Waals surface area contributed by atoms with Crippen LogP contribution in [-0.4, -0.2) is 50.7 Å². The van der Waals surface area contributed by atoms with Gasteiger partial charge in [0.2, 0.25) is 0 Å². The van der Waals surface area contributed by atoms with Crippen LogP contribution >= 0.6 is 11.8 Å². The van der Waals surface area contributed by atoms with Crippen molar-refractivity contribution >= 4 is 22.8 Å². The van der Waals surface area contributed by atoms with Crippen LogP contribution in [0.1, 0.15) is 60.7 Å². The minimum absolute atomic E-state index is 0.0303. The molecule has 7 nitrogen and oxygen atoms in total. The van der Waals surface area contributed by atoms with Gasteiger partial charge in [0.25, 0.3) is 0 Å². The molecule has 1 aliphatic rings. The fourth-order valence-electron chi connectivity index (χ4n) is 6.07. The van der Waals surface area contributed by atoms with Gasteiger partial charge in [-0.3, -0.25) is 14.5 Å². The summed E-state index contributed by atoms with van der Waals surface area (Å²) in [5.41, 5.74) is 5.03. The SMILES string of the molecule is CCOC(=O)CCCn1nncc1C(SC(C)=O)C1=CCCN(C(c2ccccc2)(c2ccccc2)c2ccccc2)C1. The first-order valence-corrected chi connectivity index (χ1v) is 15.7. The molecule has 0 spiro atoms. The molecule has 0 fully saturated rings. The Morgan fingerprint density at radius 3 is 2.05 bits per heavy atom. The molecule has 222 valence electrons. The summed E-state index contributed by atoms with van der Waals surface area (Å²) >= 11 is 1.30. The Labute approximate surface area is 257 Å². The Kier molecular flexibility index (Phi) is 10.2. The van der Waals surface area contributed by atoms with Crippen LogP contribution in [-0.2, 0) is 26.4 Å². The Morgan fingerprint density at radius 2 is 1.51 bits per heavy atom. The lowest BCUT2D eigenvalue weighted by molar-refractivity contribution is -0.143. The first-order chi connectivity index (χ1) is 21.0. The fourth-order valence-corrected chi connectivity index (χ4v) is 7.03. The highest BCUT2D eigenvalue weighted by molar-refractivity contribution is 8.13. The van der Waals surface area contributed by atoms with Crippen molar-refractivity contribution in [2.24, 2.45) is 0 Å². The topological polar surface area (TPSA) is 77.3 Å². The minimum atomic E-state index is -0.549. The summed E-state index contributed by atoms with van der Waals surface area (Å²) in [5.74, 6) is -0.219. The van der Waals surface area contributed by atoms with E-state index in [0.717, 1.165) is 24.2 Å². The number of aromatic nitrogens is 3. The molecule has 8 heteroatoms. The second kappa shape index (κ2) is 14.4. The summed E-state index contributed by atoms with van der Waals surface area (Å²) in [5, 5.41) is 8.34. The molecule has 0 bridgehead atoms. The number of aryl methyl sites for hydroxylation is 1. The van der Waals surface area contributed by atoms with E-state index in [9.17, 15) is 9.59 Å². The van der Waals surface area contributed by atoms with Gasteiger partial charge in [-0.1, -0.05) is 114 Å². The Balaban J connectivity index is 1.54. The molecular formula is C35H38N4O3S. The molecule has 0 radical (unpaired) electrons. The van der Waals surface area contributed by atoms with Crippen LogP contribution in [0.2, 0.25) is 0 Å². The van der Waals surface area contributed by atoms with Gasteiger partial charge in [-0.15, -0.1) is 5.10 Å². The van der Waals surface area contributed by atoms with Gasteiger partial charge in [0.05, 0.1) is 29.3 Å². The molecule has 3 aromatic carbocycles. The third kappa shape index (κ3) is 6.81. The maximum atomic E-state index is 12.6. The van der Waals surface area contributed by atoms with E-state index in [1.54, 1.807) is 20.0 Å². The summed E-state index contributed by atoms with van der Waals surface area (Å²) in [6.45, 7) is 5.79. The quantitative estimate of drug-likeness (QED) is 0.104. The fraction of sp³-hybridized carbons (Fsp3) is 0.314. The lowest BCUT2D eigenvalue weighted by Crippen LogP contribution is -2.50. The average Bonchev–Trinajstić information content (AvgIpc) is 3.50. The van der Waals surface area contributed by atoms with Gasteiger partial charge in [-0.25, -0.2) is 4.68 Å². The van der Waals surface area contributed by atoms with Crippen LogP contribution in [0.4, 0.5) is 0 Å². The van der Waals surface area contributed by atoms with E-state index in [0.29, 0.717) is 32.5 Å². The molecule has 0 aliphatic carbocycles. The lowest BCUT2D eigenvalue weighted by Gasteiger charge is -2.48. The number of thioether (sulfide) groups is 1. The molecule has 1 atom stereocenters. The zero-order chi connectivity index (χ0) is 30.1. The number of esters is 1. The number of carbonyl (C=O) groups excluding carboxylic acids is 2. The van der Waals surface area contributed by atoms with Gasteiger partial charge in [0, 0.05) is 33.0 Å². The molecular weight excluding hydrogens is 556 g/mol. The molecule has 0 saturated carbocycles. The summed E-state index contributed by atoms with van der Waals surface area (Å²) in [7, 11) is 0. The molecule has 0 amide bonds. The molecule has 5 rings (SSSR count). The number of rotatable bonds is 12. The van der Waals surface area contributed by atoms with Crippen molar-refractivity contribution in [3.63, 3.8) is 0 Å². The van der Waals surface area contributed by atoms with E-state index >= 15 is 0 Å². The number of benzene rings is 3. The van der Waals surface area contributed by atoms with E-state index in [1.807, 2.05) is 4.68 Å². The maximum absolute atomic E-state index is 12.6. The normalized spacial score (nSPS) is 14.6. The van der Waals surface area contributed by atoms with E-state index in [4.69, 9.17) is 4.74 Å². The highest BCUT2D eigenvalue weighted by Gasteiger charge is 2.43. The van der Waals surface area contributed by atoms with Crippen molar-refractivity contribution in [3.05, 3.63) is 131 Å². The van der Waals surface area contributed by atoms with Crippen molar-refractivity contribution in [3.8, 4) is 0 Å². The van der Waals surface area contributed by atoms with Crippen molar-refractivity contribution in [2.45, 2.75) is 50.4 Å². The monoisotopic (exact) mass is 594 g/mol. The zero-order valence-electron chi connectivity index (χ0n) is 24.8. The van der Waals surface area contributed by atoms with Gasteiger partial charge >= 0.3 is 5.97 Å². The van der Waals surface area contributed by atoms with Crippen molar-refractivity contribution in [1.29, 1.82) is 0 Å². The van der Waals surface area contributed by atoms with Crippen LogP contribution in [0.3, 0.4) is 0 Å². The van der Waals surface area contributed by atoms with Gasteiger partial charge in [-0.2, -0.15) is 0 Å². The molecule has 0 N–H and O–H groups in total. The second-order valence-electron chi connectivity index (χ2n) is 10.6. The summed E-state index contributed by atoms with van der Waals surface area (Å²) in [6.07, 6.45) is 5.75. The Hall–Kier alpha value is -4.01. The molecule has 1 unspecified atom stereocenters. The number of carbonyl (C=O) groups is 2.